The number of rotatable bonds is 8. The lowest BCUT2D eigenvalue weighted by molar-refractivity contribution is 0.129. The number of hydrogen-bond acceptors (Lipinski definition) is 4. The molecule has 150 valence electrons. The molecule has 0 atom stereocenters. The fourth-order valence-electron chi connectivity index (χ4n) is 3.43. The fraction of sp³-hybridized carbons (Fsp3) is 0.409. The van der Waals surface area contributed by atoms with Gasteiger partial charge in [-0.15, -0.1) is 0 Å². The van der Waals surface area contributed by atoms with Crippen LogP contribution in [0.15, 0.2) is 54.6 Å². The first-order valence-electron chi connectivity index (χ1n) is 9.87. The van der Waals surface area contributed by atoms with Crippen LogP contribution >= 0.6 is 12.2 Å². The molecule has 1 aliphatic rings. The van der Waals surface area contributed by atoms with Gasteiger partial charge in [0, 0.05) is 57.9 Å². The highest BCUT2D eigenvalue weighted by Gasteiger charge is 2.16. The van der Waals surface area contributed by atoms with Crippen molar-refractivity contribution in [3.63, 3.8) is 0 Å². The minimum absolute atomic E-state index is 0.661. The van der Waals surface area contributed by atoms with Crippen LogP contribution in [0.3, 0.4) is 0 Å². The lowest BCUT2D eigenvalue weighted by atomic mass is 10.2. The smallest absolute Gasteiger partial charge is 0.166 e. The molecular weight excluding hydrogens is 368 g/mol. The van der Waals surface area contributed by atoms with Gasteiger partial charge >= 0.3 is 0 Å². The molecule has 1 heterocycles. The molecule has 0 saturated carbocycles. The van der Waals surface area contributed by atoms with E-state index in [1.807, 2.05) is 24.3 Å². The summed E-state index contributed by atoms with van der Waals surface area (Å²) in [6, 6.07) is 18.7. The van der Waals surface area contributed by atoms with Gasteiger partial charge in [-0.3, -0.25) is 9.80 Å². The lowest BCUT2D eigenvalue weighted by Crippen LogP contribution is -2.48. The number of piperazine rings is 1. The molecule has 0 unspecified atom stereocenters. The van der Waals surface area contributed by atoms with E-state index in [1.165, 1.54) is 5.56 Å². The largest absolute Gasteiger partial charge is 0.496 e. The van der Waals surface area contributed by atoms with Crippen molar-refractivity contribution in [1.82, 2.24) is 20.4 Å². The summed E-state index contributed by atoms with van der Waals surface area (Å²) < 4.78 is 5.37. The second-order valence-electron chi connectivity index (χ2n) is 7.02. The van der Waals surface area contributed by atoms with E-state index >= 15 is 0 Å². The molecule has 3 rings (SSSR count). The van der Waals surface area contributed by atoms with Crippen molar-refractivity contribution < 1.29 is 4.74 Å². The van der Waals surface area contributed by atoms with Crippen molar-refractivity contribution in [1.29, 1.82) is 0 Å². The summed E-state index contributed by atoms with van der Waals surface area (Å²) in [4.78, 5) is 5.02. The zero-order chi connectivity index (χ0) is 19.6. The van der Waals surface area contributed by atoms with Crippen LogP contribution in [-0.4, -0.2) is 61.3 Å². The van der Waals surface area contributed by atoms with Crippen molar-refractivity contribution in [2.45, 2.75) is 13.1 Å². The van der Waals surface area contributed by atoms with Crippen LogP contribution in [0.5, 0.6) is 5.75 Å². The van der Waals surface area contributed by atoms with Crippen LogP contribution in [-0.2, 0) is 13.1 Å². The molecule has 1 aliphatic heterocycles. The summed E-state index contributed by atoms with van der Waals surface area (Å²) in [7, 11) is 1.69. The van der Waals surface area contributed by atoms with Crippen molar-refractivity contribution >= 4 is 17.3 Å². The third-order valence-electron chi connectivity index (χ3n) is 5.06. The zero-order valence-corrected chi connectivity index (χ0v) is 17.4. The molecule has 1 saturated heterocycles. The average Bonchev–Trinajstić information content (AvgIpc) is 2.74. The van der Waals surface area contributed by atoms with Gasteiger partial charge in [0.15, 0.2) is 5.11 Å². The first kappa shape index (κ1) is 20.6. The molecule has 2 aromatic rings. The number of hydrogen-bond donors (Lipinski definition) is 2. The zero-order valence-electron chi connectivity index (χ0n) is 16.6. The van der Waals surface area contributed by atoms with Crippen LogP contribution < -0.4 is 15.4 Å². The van der Waals surface area contributed by atoms with Gasteiger partial charge in [-0.2, -0.15) is 0 Å². The van der Waals surface area contributed by atoms with E-state index in [-0.39, 0.29) is 0 Å². The minimum atomic E-state index is 0.661. The number of para-hydroxylation sites is 1. The lowest BCUT2D eigenvalue weighted by Gasteiger charge is -2.34. The van der Waals surface area contributed by atoms with Gasteiger partial charge in [0.2, 0.25) is 0 Å². The van der Waals surface area contributed by atoms with Gasteiger partial charge < -0.3 is 15.4 Å². The summed E-state index contributed by atoms with van der Waals surface area (Å²) >= 11 is 5.40. The normalized spacial score (nSPS) is 15.2. The number of thiocarbonyl (C=S) groups is 1. The topological polar surface area (TPSA) is 39.8 Å². The molecule has 0 radical (unpaired) electrons. The molecule has 0 aromatic heterocycles. The molecule has 28 heavy (non-hydrogen) atoms. The Morgan fingerprint density at radius 1 is 0.929 bits per heavy atom. The highest BCUT2D eigenvalue weighted by atomic mass is 32.1. The van der Waals surface area contributed by atoms with Crippen LogP contribution in [0.4, 0.5) is 0 Å². The predicted octanol–water partition coefficient (Wildman–Crippen LogP) is 2.48. The third kappa shape index (κ3) is 6.48. The van der Waals surface area contributed by atoms with E-state index in [9.17, 15) is 0 Å². The second kappa shape index (κ2) is 11.0. The van der Waals surface area contributed by atoms with Crippen LogP contribution in [0.25, 0.3) is 0 Å². The number of benzene rings is 2. The van der Waals surface area contributed by atoms with Gasteiger partial charge in [-0.1, -0.05) is 48.5 Å². The van der Waals surface area contributed by atoms with Gasteiger partial charge in [0.05, 0.1) is 7.11 Å². The number of ether oxygens (including phenoxy) is 1. The Bertz CT molecular complexity index is 732. The summed E-state index contributed by atoms with van der Waals surface area (Å²) in [5.74, 6) is 0.881. The summed E-state index contributed by atoms with van der Waals surface area (Å²) in [6.45, 7) is 8.02. The van der Waals surface area contributed by atoms with Gasteiger partial charge in [0.1, 0.15) is 5.75 Å². The van der Waals surface area contributed by atoms with E-state index in [0.717, 1.165) is 57.1 Å². The Morgan fingerprint density at radius 2 is 1.61 bits per heavy atom. The Labute approximate surface area is 173 Å². The standard InChI is InChI=1S/C22H30N4OS/c1-27-21-10-6-5-9-20(21)17-24-22(28)23-11-12-25-13-15-26(16-14-25)18-19-7-3-2-4-8-19/h2-10H,11-18H2,1H3,(H2,23,24,28). The number of nitrogens with one attached hydrogen (secondary N) is 2. The van der Waals surface area contributed by atoms with Crippen molar-refractivity contribution in [2.24, 2.45) is 0 Å². The maximum Gasteiger partial charge on any atom is 0.166 e. The minimum Gasteiger partial charge on any atom is -0.496 e. The molecule has 2 aromatic carbocycles. The quantitative estimate of drug-likeness (QED) is 0.666. The molecule has 1 fully saturated rings. The summed E-state index contributed by atoms with van der Waals surface area (Å²) in [5.41, 5.74) is 2.49. The van der Waals surface area contributed by atoms with E-state index in [1.54, 1.807) is 7.11 Å². The molecule has 0 bridgehead atoms. The number of nitrogens with zero attached hydrogens (tertiary/aromatic N) is 2. The van der Waals surface area contributed by atoms with Gasteiger partial charge in [0.25, 0.3) is 0 Å². The first-order chi connectivity index (χ1) is 13.7. The molecule has 5 nitrogen and oxygen atoms in total. The van der Waals surface area contributed by atoms with E-state index in [0.29, 0.717) is 11.7 Å². The Hall–Kier alpha value is -2.15. The van der Waals surface area contributed by atoms with Crippen LogP contribution in [0.1, 0.15) is 11.1 Å². The number of methoxy groups -OCH3 is 1. The fourth-order valence-corrected chi connectivity index (χ4v) is 3.60. The van der Waals surface area contributed by atoms with E-state index in [4.69, 9.17) is 17.0 Å². The van der Waals surface area contributed by atoms with E-state index in [2.05, 4.69) is 50.8 Å². The highest BCUT2D eigenvalue weighted by Crippen LogP contribution is 2.16. The predicted molar refractivity (Wildman–Crippen MR) is 119 cm³/mol. The van der Waals surface area contributed by atoms with Crippen LogP contribution in [0, 0.1) is 0 Å². The first-order valence-corrected chi connectivity index (χ1v) is 10.3. The van der Waals surface area contributed by atoms with Crippen molar-refractivity contribution in [2.75, 3.05) is 46.4 Å². The molecule has 0 amide bonds. The Kier molecular flexibility index (Phi) is 8.08. The van der Waals surface area contributed by atoms with E-state index < -0.39 is 0 Å². The average molecular weight is 399 g/mol. The molecule has 0 aliphatic carbocycles. The second-order valence-corrected chi connectivity index (χ2v) is 7.43. The monoisotopic (exact) mass is 398 g/mol. The SMILES string of the molecule is COc1ccccc1CNC(=S)NCCN1CCN(Cc2ccccc2)CC1. The van der Waals surface area contributed by atoms with Crippen LogP contribution in [0.2, 0.25) is 0 Å². The maximum atomic E-state index is 5.40. The molecular formula is C22H30N4OS. The summed E-state index contributed by atoms with van der Waals surface area (Å²) in [5, 5.41) is 7.26. The van der Waals surface area contributed by atoms with Crippen molar-refractivity contribution in [3.8, 4) is 5.75 Å². The molecule has 6 heteroatoms. The van der Waals surface area contributed by atoms with Gasteiger partial charge in [-0.25, -0.2) is 0 Å². The molecule has 0 spiro atoms. The summed E-state index contributed by atoms with van der Waals surface area (Å²) in [6.07, 6.45) is 0. The highest BCUT2D eigenvalue weighted by molar-refractivity contribution is 7.80. The maximum absolute atomic E-state index is 5.40. The third-order valence-corrected chi connectivity index (χ3v) is 5.35. The van der Waals surface area contributed by atoms with Gasteiger partial charge in [-0.05, 0) is 23.8 Å². The Balaban J connectivity index is 1.30. The Morgan fingerprint density at radius 3 is 2.36 bits per heavy atom. The molecule has 2 N–H and O–H groups in total. The van der Waals surface area contributed by atoms with Crippen molar-refractivity contribution in [3.05, 3.63) is 65.7 Å².